The largest absolute Gasteiger partial charge is 0.355 e. The fraction of sp³-hybridized carbons (Fsp3) is 0.267. The van der Waals surface area contributed by atoms with Crippen LogP contribution in [-0.4, -0.2) is 32.7 Å². The molecule has 0 aromatic carbocycles. The molecule has 4 heterocycles. The van der Waals surface area contributed by atoms with E-state index in [2.05, 4.69) is 20.0 Å². The second kappa shape index (κ2) is 4.80. The maximum atomic E-state index is 13.3. The van der Waals surface area contributed by atoms with Crippen LogP contribution in [0, 0.1) is 5.95 Å². The molecule has 21 heavy (non-hydrogen) atoms. The Hall–Kier alpha value is -2.50. The van der Waals surface area contributed by atoms with Crippen molar-refractivity contribution in [3.8, 4) is 11.4 Å². The molecule has 0 atom stereocenters. The number of halogens is 1. The Morgan fingerprint density at radius 2 is 1.90 bits per heavy atom. The van der Waals surface area contributed by atoms with Crippen molar-refractivity contribution in [2.45, 2.75) is 12.8 Å². The number of hydrogen-bond acceptors (Lipinski definition) is 4. The zero-order chi connectivity index (χ0) is 14.2. The third-order valence-corrected chi connectivity index (χ3v) is 3.76. The van der Waals surface area contributed by atoms with E-state index in [0.29, 0.717) is 11.4 Å². The van der Waals surface area contributed by atoms with Crippen LogP contribution < -0.4 is 4.90 Å². The molecule has 1 fully saturated rings. The molecular formula is C15H14FN5. The van der Waals surface area contributed by atoms with Crippen LogP contribution in [0.4, 0.5) is 10.2 Å². The maximum Gasteiger partial charge on any atom is 0.213 e. The van der Waals surface area contributed by atoms with Crippen molar-refractivity contribution in [1.82, 2.24) is 19.6 Å². The quantitative estimate of drug-likeness (QED) is 0.678. The monoisotopic (exact) mass is 283 g/mol. The Balaban J connectivity index is 1.84. The van der Waals surface area contributed by atoms with E-state index < -0.39 is 5.95 Å². The van der Waals surface area contributed by atoms with Crippen LogP contribution in [0.1, 0.15) is 12.8 Å². The van der Waals surface area contributed by atoms with Gasteiger partial charge in [-0.2, -0.15) is 4.39 Å². The van der Waals surface area contributed by atoms with Crippen molar-refractivity contribution in [2.24, 2.45) is 0 Å². The van der Waals surface area contributed by atoms with E-state index in [4.69, 9.17) is 0 Å². The van der Waals surface area contributed by atoms with Gasteiger partial charge >= 0.3 is 0 Å². The van der Waals surface area contributed by atoms with E-state index in [9.17, 15) is 4.39 Å². The minimum Gasteiger partial charge on any atom is -0.355 e. The van der Waals surface area contributed by atoms with Crippen LogP contribution in [0.3, 0.4) is 0 Å². The SMILES string of the molecule is Fc1cccc(-c2cnc3ccc(N4CCCC4)nn23)n1. The lowest BCUT2D eigenvalue weighted by Gasteiger charge is -2.16. The van der Waals surface area contributed by atoms with E-state index in [0.717, 1.165) is 24.6 Å². The summed E-state index contributed by atoms with van der Waals surface area (Å²) in [6.07, 6.45) is 4.07. The second-order valence-corrected chi connectivity index (χ2v) is 5.14. The van der Waals surface area contributed by atoms with Gasteiger partial charge in [0.25, 0.3) is 0 Å². The summed E-state index contributed by atoms with van der Waals surface area (Å²) < 4.78 is 15.0. The zero-order valence-corrected chi connectivity index (χ0v) is 11.4. The maximum absolute atomic E-state index is 13.3. The Bertz CT molecular complexity index is 792. The zero-order valence-electron chi connectivity index (χ0n) is 11.4. The van der Waals surface area contributed by atoms with Crippen LogP contribution >= 0.6 is 0 Å². The molecule has 106 valence electrons. The van der Waals surface area contributed by atoms with Gasteiger partial charge in [0.2, 0.25) is 5.95 Å². The molecule has 1 saturated heterocycles. The number of anilines is 1. The molecule has 4 rings (SSSR count). The molecule has 0 bridgehead atoms. The van der Waals surface area contributed by atoms with Gasteiger partial charge in [0.1, 0.15) is 11.5 Å². The first-order chi connectivity index (χ1) is 10.3. The highest BCUT2D eigenvalue weighted by atomic mass is 19.1. The van der Waals surface area contributed by atoms with Gasteiger partial charge in [-0.15, -0.1) is 5.10 Å². The third-order valence-electron chi connectivity index (χ3n) is 3.76. The number of hydrogen-bond donors (Lipinski definition) is 0. The van der Waals surface area contributed by atoms with Crippen molar-refractivity contribution < 1.29 is 4.39 Å². The Morgan fingerprint density at radius 1 is 1.05 bits per heavy atom. The molecule has 0 amide bonds. The normalized spacial score (nSPS) is 15.0. The molecule has 0 N–H and O–H groups in total. The van der Waals surface area contributed by atoms with Crippen LogP contribution in [0.15, 0.2) is 36.5 Å². The third kappa shape index (κ3) is 2.12. The average Bonchev–Trinajstić information content (AvgIpc) is 3.16. The minimum atomic E-state index is -0.502. The van der Waals surface area contributed by atoms with Gasteiger partial charge in [-0.3, -0.25) is 0 Å². The molecule has 1 aliphatic rings. The fourth-order valence-electron chi connectivity index (χ4n) is 2.70. The van der Waals surface area contributed by atoms with Crippen LogP contribution in [0.5, 0.6) is 0 Å². The number of rotatable bonds is 2. The van der Waals surface area contributed by atoms with E-state index in [1.807, 2.05) is 12.1 Å². The molecular weight excluding hydrogens is 269 g/mol. The van der Waals surface area contributed by atoms with Gasteiger partial charge in [0, 0.05) is 13.1 Å². The van der Waals surface area contributed by atoms with Crippen molar-refractivity contribution in [1.29, 1.82) is 0 Å². The standard InChI is InChI=1S/C15H14FN5/c16-13-5-3-4-11(18-13)12-10-17-14-6-7-15(19-21(12)14)20-8-1-2-9-20/h3-7,10H,1-2,8-9H2. The van der Waals surface area contributed by atoms with Crippen molar-refractivity contribution in [3.63, 3.8) is 0 Å². The van der Waals surface area contributed by atoms with Crippen LogP contribution in [0.25, 0.3) is 17.0 Å². The summed E-state index contributed by atoms with van der Waals surface area (Å²) >= 11 is 0. The highest BCUT2D eigenvalue weighted by molar-refractivity contribution is 5.60. The number of fused-ring (bicyclic) bond motifs is 1. The van der Waals surface area contributed by atoms with E-state index in [1.165, 1.54) is 18.9 Å². The predicted molar refractivity (Wildman–Crippen MR) is 77.6 cm³/mol. The van der Waals surface area contributed by atoms with Gasteiger partial charge in [-0.05, 0) is 37.1 Å². The number of aromatic nitrogens is 4. The highest BCUT2D eigenvalue weighted by Crippen LogP contribution is 2.22. The molecule has 0 radical (unpaired) electrons. The molecule has 3 aromatic heterocycles. The van der Waals surface area contributed by atoms with Crippen molar-refractivity contribution >= 4 is 11.5 Å². The molecule has 0 saturated carbocycles. The predicted octanol–water partition coefficient (Wildman–Crippen LogP) is 2.53. The minimum absolute atomic E-state index is 0.502. The number of pyridine rings is 1. The lowest BCUT2D eigenvalue weighted by molar-refractivity contribution is 0.585. The summed E-state index contributed by atoms with van der Waals surface area (Å²) in [6, 6.07) is 8.65. The molecule has 6 heteroatoms. The fourth-order valence-corrected chi connectivity index (χ4v) is 2.70. The second-order valence-electron chi connectivity index (χ2n) is 5.14. The van der Waals surface area contributed by atoms with Gasteiger partial charge < -0.3 is 4.90 Å². The number of imidazole rings is 1. The van der Waals surface area contributed by atoms with E-state index >= 15 is 0 Å². The topological polar surface area (TPSA) is 46.3 Å². The lowest BCUT2D eigenvalue weighted by Crippen LogP contribution is -2.19. The lowest BCUT2D eigenvalue weighted by atomic mass is 10.3. The first kappa shape index (κ1) is 12.3. The smallest absolute Gasteiger partial charge is 0.213 e. The van der Waals surface area contributed by atoms with Gasteiger partial charge in [0.05, 0.1) is 11.9 Å². The van der Waals surface area contributed by atoms with Gasteiger partial charge in [-0.25, -0.2) is 14.5 Å². The molecule has 3 aromatic rings. The molecule has 0 unspecified atom stereocenters. The average molecular weight is 283 g/mol. The van der Waals surface area contributed by atoms with Gasteiger partial charge in [-0.1, -0.05) is 6.07 Å². The van der Waals surface area contributed by atoms with E-state index in [1.54, 1.807) is 22.8 Å². The first-order valence-corrected chi connectivity index (χ1v) is 7.04. The molecule has 1 aliphatic heterocycles. The first-order valence-electron chi connectivity index (χ1n) is 7.04. The summed E-state index contributed by atoms with van der Waals surface area (Å²) in [4.78, 5) is 10.5. The summed E-state index contributed by atoms with van der Waals surface area (Å²) in [6.45, 7) is 2.06. The van der Waals surface area contributed by atoms with Crippen LogP contribution in [-0.2, 0) is 0 Å². The summed E-state index contributed by atoms with van der Waals surface area (Å²) in [5.41, 5.74) is 1.97. The van der Waals surface area contributed by atoms with Crippen LogP contribution in [0.2, 0.25) is 0 Å². The number of nitrogens with zero attached hydrogens (tertiary/aromatic N) is 5. The summed E-state index contributed by atoms with van der Waals surface area (Å²) in [7, 11) is 0. The Morgan fingerprint density at radius 3 is 2.71 bits per heavy atom. The highest BCUT2D eigenvalue weighted by Gasteiger charge is 2.16. The molecule has 0 aliphatic carbocycles. The summed E-state index contributed by atoms with van der Waals surface area (Å²) in [5, 5.41) is 4.64. The molecule has 0 spiro atoms. The van der Waals surface area contributed by atoms with E-state index in [-0.39, 0.29) is 0 Å². The van der Waals surface area contributed by atoms with Gasteiger partial charge in [0.15, 0.2) is 5.65 Å². The Kier molecular flexibility index (Phi) is 2.80. The Labute approximate surface area is 121 Å². The molecule has 5 nitrogen and oxygen atoms in total. The van der Waals surface area contributed by atoms with Crippen molar-refractivity contribution in [2.75, 3.05) is 18.0 Å². The van der Waals surface area contributed by atoms with Crippen molar-refractivity contribution in [3.05, 3.63) is 42.5 Å². The summed E-state index contributed by atoms with van der Waals surface area (Å²) in [5.74, 6) is 0.425.